The van der Waals surface area contributed by atoms with E-state index in [0.29, 0.717) is 11.6 Å². The summed E-state index contributed by atoms with van der Waals surface area (Å²) in [5, 5.41) is 6.40. The van der Waals surface area contributed by atoms with E-state index >= 15 is 0 Å². The van der Waals surface area contributed by atoms with E-state index in [0.717, 1.165) is 10.2 Å². The SMILES string of the molecule is Cc1cc(NC(=O)c2cc(Br)cn2C(C)C)on1. The number of anilines is 1. The molecule has 1 amide bonds. The summed E-state index contributed by atoms with van der Waals surface area (Å²) in [7, 11) is 0. The van der Waals surface area contributed by atoms with Gasteiger partial charge in [0.05, 0.1) is 5.69 Å². The Balaban J connectivity index is 2.23. The lowest BCUT2D eigenvalue weighted by Gasteiger charge is -2.11. The predicted octanol–water partition coefficient (Wildman–Crippen LogP) is 3.38. The van der Waals surface area contributed by atoms with Crippen LogP contribution < -0.4 is 5.32 Å². The Morgan fingerprint density at radius 3 is 2.78 bits per heavy atom. The molecule has 0 aliphatic rings. The van der Waals surface area contributed by atoms with Crippen LogP contribution in [0.2, 0.25) is 0 Å². The third-order valence-corrected chi connectivity index (χ3v) is 2.90. The molecule has 0 aliphatic carbocycles. The van der Waals surface area contributed by atoms with Gasteiger partial charge in [-0.1, -0.05) is 5.16 Å². The Hall–Kier alpha value is -1.56. The van der Waals surface area contributed by atoms with E-state index in [1.165, 1.54) is 0 Å². The monoisotopic (exact) mass is 311 g/mol. The summed E-state index contributed by atoms with van der Waals surface area (Å²) in [4.78, 5) is 12.1. The number of nitrogens with one attached hydrogen (secondary N) is 1. The second-order valence-corrected chi connectivity index (χ2v) is 5.25. The molecule has 0 atom stereocenters. The van der Waals surface area contributed by atoms with Crippen molar-refractivity contribution in [3.05, 3.63) is 34.2 Å². The number of hydrogen-bond acceptors (Lipinski definition) is 3. The van der Waals surface area contributed by atoms with Gasteiger partial charge in [-0.05, 0) is 42.8 Å². The van der Waals surface area contributed by atoms with Crippen LogP contribution in [0.3, 0.4) is 0 Å². The van der Waals surface area contributed by atoms with Crippen molar-refractivity contribution in [2.24, 2.45) is 0 Å². The highest BCUT2D eigenvalue weighted by atomic mass is 79.9. The maximum Gasteiger partial charge on any atom is 0.274 e. The lowest BCUT2D eigenvalue weighted by molar-refractivity contribution is 0.101. The number of nitrogens with zero attached hydrogens (tertiary/aromatic N) is 2. The Morgan fingerprint density at radius 2 is 2.22 bits per heavy atom. The zero-order valence-electron chi connectivity index (χ0n) is 10.4. The van der Waals surface area contributed by atoms with Crippen LogP contribution in [0.25, 0.3) is 0 Å². The van der Waals surface area contributed by atoms with Gasteiger partial charge in [-0.2, -0.15) is 0 Å². The van der Waals surface area contributed by atoms with Gasteiger partial charge in [0.2, 0.25) is 5.88 Å². The molecule has 0 spiro atoms. The molecule has 2 heterocycles. The van der Waals surface area contributed by atoms with Crippen LogP contribution in [-0.2, 0) is 0 Å². The Kier molecular flexibility index (Phi) is 3.56. The second-order valence-electron chi connectivity index (χ2n) is 4.33. The molecule has 2 aromatic heterocycles. The van der Waals surface area contributed by atoms with Crippen LogP contribution in [0.1, 0.15) is 36.1 Å². The van der Waals surface area contributed by atoms with Crippen molar-refractivity contribution in [2.75, 3.05) is 5.32 Å². The van der Waals surface area contributed by atoms with Crippen molar-refractivity contribution in [3.63, 3.8) is 0 Å². The first-order valence-corrected chi connectivity index (χ1v) is 6.38. The number of aryl methyl sites for hydroxylation is 1. The average molecular weight is 312 g/mol. The molecular formula is C12H14BrN3O2. The molecule has 0 aromatic carbocycles. The summed E-state index contributed by atoms with van der Waals surface area (Å²) in [5.74, 6) is 0.135. The van der Waals surface area contributed by atoms with Crippen LogP contribution >= 0.6 is 15.9 Å². The number of amides is 1. The number of carbonyl (C=O) groups is 1. The summed E-state index contributed by atoms with van der Waals surface area (Å²) in [6.07, 6.45) is 1.88. The molecule has 5 nitrogen and oxygen atoms in total. The molecule has 0 bridgehead atoms. The first kappa shape index (κ1) is 12.9. The molecule has 0 saturated carbocycles. The number of rotatable bonds is 3. The molecule has 0 radical (unpaired) electrons. The molecule has 2 aromatic rings. The zero-order chi connectivity index (χ0) is 13.3. The maximum atomic E-state index is 12.1. The fourth-order valence-electron chi connectivity index (χ4n) is 1.65. The number of halogens is 1. The summed E-state index contributed by atoms with van der Waals surface area (Å²) in [6, 6.07) is 3.65. The Bertz CT molecular complexity index is 572. The molecule has 96 valence electrons. The predicted molar refractivity (Wildman–Crippen MR) is 71.7 cm³/mol. The molecular weight excluding hydrogens is 298 g/mol. The lowest BCUT2D eigenvalue weighted by Crippen LogP contribution is -2.17. The van der Waals surface area contributed by atoms with Crippen molar-refractivity contribution in [3.8, 4) is 0 Å². The van der Waals surface area contributed by atoms with Gasteiger partial charge in [-0.25, -0.2) is 0 Å². The molecule has 1 N–H and O–H groups in total. The second kappa shape index (κ2) is 4.97. The van der Waals surface area contributed by atoms with Gasteiger partial charge < -0.3 is 9.09 Å². The number of hydrogen-bond donors (Lipinski definition) is 1. The number of carbonyl (C=O) groups excluding carboxylic acids is 1. The Labute approximate surface area is 113 Å². The van der Waals surface area contributed by atoms with Crippen molar-refractivity contribution in [2.45, 2.75) is 26.8 Å². The first-order chi connectivity index (χ1) is 8.47. The fourth-order valence-corrected chi connectivity index (χ4v) is 2.09. The minimum absolute atomic E-state index is 0.202. The molecule has 6 heteroatoms. The van der Waals surface area contributed by atoms with Crippen LogP contribution in [0.5, 0.6) is 0 Å². The maximum absolute atomic E-state index is 12.1. The number of aromatic nitrogens is 2. The first-order valence-electron chi connectivity index (χ1n) is 5.59. The van der Waals surface area contributed by atoms with Crippen molar-refractivity contribution in [1.29, 1.82) is 0 Å². The zero-order valence-corrected chi connectivity index (χ0v) is 12.0. The highest BCUT2D eigenvalue weighted by Crippen LogP contribution is 2.20. The summed E-state index contributed by atoms with van der Waals surface area (Å²) in [5.41, 5.74) is 1.30. The third-order valence-electron chi connectivity index (χ3n) is 2.47. The van der Waals surface area contributed by atoms with Crippen molar-refractivity contribution < 1.29 is 9.32 Å². The van der Waals surface area contributed by atoms with E-state index in [4.69, 9.17) is 4.52 Å². The molecule has 0 saturated heterocycles. The van der Waals surface area contributed by atoms with Crippen molar-refractivity contribution in [1.82, 2.24) is 9.72 Å². The van der Waals surface area contributed by atoms with Gasteiger partial charge in [-0.15, -0.1) is 0 Å². The standard InChI is InChI=1S/C12H14BrN3O2/c1-7(2)16-6-9(13)5-10(16)12(17)14-11-4-8(3)15-18-11/h4-7H,1-3H3,(H,14,17). The molecule has 18 heavy (non-hydrogen) atoms. The van der Waals surface area contributed by atoms with Crippen molar-refractivity contribution >= 4 is 27.7 Å². The van der Waals surface area contributed by atoms with E-state index in [1.54, 1.807) is 19.1 Å². The van der Waals surface area contributed by atoms with Crippen LogP contribution in [0, 0.1) is 6.92 Å². The molecule has 0 aliphatic heterocycles. The lowest BCUT2D eigenvalue weighted by atomic mass is 10.3. The van der Waals surface area contributed by atoms with Crippen LogP contribution in [0.4, 0.5) is 5.88 Å². The summed E-state index contributed by atoms with van der Waals surface area (Å²) >= 11 is 3.37. The summed E-state index contributed by atoms with van der Waals surface area (Å²) < 4.78 is 7.72. The molecule has 0 unspecified atom stereocenters. The quantitative estimate of drug-likeness (QED) is 0.945. The van der Waals surface area contributed by atoms with E-state index in [-0.39, 0.29) is 11.9 Å². The van der Waals surface area contributed by atoms with E-state index < -0.39 is 0 Å². The van der Waals surface area contributed by atoms with Gasteiger partial charge in [-0.3, -0.25) is 10.1 Å². The minimum Gasteiger partial charge on any atom is -0.340 e. The van der Waals surface area contributed by atoms with E-state index in [2.05, 4.69) is 26.4 Å². The Morgan fingerprint density at radius 1 is 1.50 bits per heavy atom. The van der Waals surface area contributed by atoms with Gasteiger partial charge in [0.1, 0.15) is 5.69 Å². The van der Waals surface area contributed by atoms with Gasteiger partial charge >= 0.3 is 0 Å². The van der Waals surface area contributed by atoms with Crippen LogP contribution in [0.15, 0.2) is 27.3 Å². The fraction of sp³-hybridized carbons (Fsp3) is 0.333. The normalized spacial score (nSPS) is 10.9. The largest absolute Gasteiger partial charge is 0.340 e. The smallest absolute Gasteiger partial charge is 0.274 e. The third kappa shape index (κ3) is 2.64. The summed E-state index contributed by atoms with van der Waals surface area (Å²) in [6.45, 7) is 5.83. The van der Waals surface area contributed by atoms with Gasteiger partial charge in [0, 0.05) is 22.8 Å². The van der Waals surface area contributed by atoms with E-state index in [9.17, 15) is 4.79 Å². The van der Waals surface area contributed by atoms with Crippen LogP contribution in [-0.4, -0.2) is 15.6 Å². The van der Waals surface area contributed by atoms with Gasteiger partial charge in [0.25, 0.3) is 5.91 Å². The average Bonchev–Trinajstić information content (AvgIpc) is 2.85. The topological polar surface area (TPSA) is 60.1 Å². The highest BCUT2D eigenvalue weighted by Gasteiger charge is 2.16. The van der Waals surface area contributed by atoms with E-state index in [1.807, 2.05) is 24.6 Å². The molecule has 0 fully saturated rings. The highest BCUT2D eigenvalue weighted by molar-refractivity contribution is 9.10. The molecule has 2 rings (SSSR count). The van der Waals surface area contributed by atoms with Gasteiger partial charge in [0.15, 0.2) is 0 Å². The minimum atomic E-state index is -0.217.